The minimum atomic E-state index is -0.524. The summed E-state index contributed by atoms with van der Waals surface area (Å²) in [5.74, 6) is 0.751. The Hall–Kier alpha value is -2.10. The van der Waals surface area contributed by atoms with Gasteiger partial charge in [-0.2, -0.15) is 0 Å². The molecule has 5 heteroatoms. The van der Waals surface area contributed by atoms with Gasteiger partial charge in [0.15, 0.2) is 0 Å². The van der Waals surface area contributed by atoms with E-state index in [4.69, 9.17) is 27.9 Å². The predicted molar refractivity (Wildman–Crippen MR) is 88.9 cm³/mol. The van der Waals surface area contributed by atoms with E-state index in [0.29, 0.717) is 27.2 Å². The summed E-state index contributed by atoms with van der Waals surface area (Å²) in [4.78, 5) is 16.3. The Morgan fingerprint density at radius 1 is 1.09 bits per heavy atom. The highest BCUT2D eigenvalue weighted by Gasteiger charge is 2.12. The lowest BCUT2D eigenvalue weighted by atomic mass is 10.0. The van der Waals surface area contributed by atoms with Gasteiger partial charge in [-0.3, -0.25) is 4.79 Å². The number of halogens is 2. The van der Waals surface area contributed by atoms with Crippen molar-refractivity contribution in [3.63, 3.8) is 0 Å². The molecule has 0 aliphatic heterocycles. The van der Waals surface area contributed by atoms with E-state index in [1.807, 2.05) is 24.3 Å². The number of carbonyl (C=O) groups excluding carboxylic acids is 1. The van der Waals surface area contributed by atoms with Gasteiger partial charge in [0, 0.05) is 21.5 Å². The molecule has 0 N–H and O–H groups in total. The van der Waals surface area contributed by atoms with E-state index in [2.05, 4.69) is 4.98 Å². The molecule has 110 valence electrons. The number of rotatable bonds is 3. The molecule has 0 fully saturated rings. The summed E-state index contributed by atoms with van der Waals surface area (Å²) in [7, 11) is 1.61. The molecule has 0 atom stereocenters. The van der Waals surface area contributed by atoms with Crippen molar-refractivity contribution in [1.82, 2.24) is 4.98 Å². The second-order valence-electron chi connectivity index (χ2n) is 4.72. The third kappa shape index (κ3) is 2.78. The number of methoxy groups -OCH3 is 1. The Balaban J connectivity index is 2.22. The summed E-state index contributed by atoms with van der Waals surface area (Å²) in [5, 5.41) is 0.714. The van der Waals surface area contributed by atoms with Crippen LogP contribution in [0.5, 0.6) is 5.75 Å². The Labute approximate surface area is 137 Å². The Morgan fingerprint density at radius 3 is 2.45 bits per heavy atom. The minimum absolute atomic E-state index is 0.411. The molecule has 3 nitrogen and oxygen atoms in total. The second-order valence-corrected chi connectivity index (χ2v) is 5.50. The molecular formula is C17H11Cl2NO2. The molecule has 0 aliphatic carbocycles. The molecule has 0 unspecified atom stereocenters. The summed E-state index contributed by atoms with van der Waals surface area (Å²) in [6.07, 6.45) is 0. The third-order valence-corrected chi connectivity index (χ3v) is 3.81. The van der Waals surface area contributed by atoms with Crippen molar-refractivity contribution >= 4 is 39.3 Å². The fraction of sp³-hybridized carbons (Fsp3) is 0.0588. The highest BCUT2D eigenvalue weighted by molar-refractivity contribution is 6.68. The molecular weight excluding hydrogens is 321 g/mol. The Bertz CT molecular complexity index is 860. The second kappa shape index (κ2) is 5.95. The maximum absolute atomic E-state index is 11.7. The van der Waals surface area contributed by atoms with Gasteiger partial charge >= 0.3 is 0 Å². The summed E-state index contributed by atoms with van der Waals surface area (Å²) in [6.45, 7) is 0. The lowest BCUT2D eigenvalue weighted by molar-refractivity contribution is 0.108. The number of pyridine rings is 1. The van der Waals surface area contributed by atoms with E-state index in [-0.39, 0.29) is 0 Å². The van der Waals surface area contributed by atoms with E-state index in [1.54, 1.807) is 31.4 Å². The van der Waals surface area contributed by atoms with Crippen molar-refractivity contribution in [2.75, 3.05) is 7.11 Å². The number of fused-ring (bicyclic) bond motifs is 1. The monoisotopic (exact) mass is 331 g/mol. The van der Waals surface area contributed by atoms with E-state index in [0.717, 1.165) is 11.3 Å². The van der Waals surface area contributed by atoms with Crippen LogP contribution in [-0.4, -0.2) is 17.3 Å². The van der Waals surface area contributed by atoms with Crippen molar-refractivity contribution in [3.8, 4) is 17.0 Å². The lowest BCUT2D eigenvalue weighted by Gasteiger charge is -2.08. The molecule has 3 rings (SSSR count). The lowest BCUT2D eigenvalue weighted by Crippen LogP contribution is -1.96. The predicted octanol–water partition coefficient (Wildman–Crippen LogP) is 4.94. The maximum atomic E-state index is 11.7. The van der Waals surface area contributed by atoms with Gasteiger partial charge in [0.1, 0.15) is 5.75 Å². The van der Waals surface area contributed by atoms with E-state index in [9.17, 15) is 4.79 Å². The quantitative estimate of drug-likeness (QED) is 0.638. The maximum Gasteiger partial charge on any atom is 0.253 e. The molecule has 0 spiro atoms. The zero-order chi connectivity index (χ0) is 15.7. The van der Waals surface area contributed by atoms with E-state index in [1.165, 1.54) is 0 Å². The Kier molecular flexibility index (Phi) is 4.01. The number of nitrogens with zero attached hydrogens (tertiary/aromatic N) is 1. The molecule has 0 radical (unpaired) electrons. The first-order valence-corrected chi connectivity index (χ1v) is 7.28. The van der Waals surface area contributed by atoms with Crippen LogP contribution >= 0.6 is 23.2 Å². The molecule has 0 amide bonds. The fourth-order valence-electron chi connectivity index (χ4n) is 2.27. The van der Waals surface area contributed by atoms with Gasteiger partial charge in [-0.05, 0) is 54.1 Å². The summed E-state index contributed by atoms with van der Waals surface area (Å²) in [6, 6.07) is 14.3. The van der Waals surface area contributed by atoms with Crippen LogP contribution in [0.1, 0.15) is 10.4 Å². The van der Waals surface area contributed by atoms with Gasteiger partial charge in [-0.1, -0.05) is 17.7 Å². The average Bonchev–Trinajstić information content (AvgIpc) is 2.53. The van der Waals surface area contributed by atoms with Crippen molar-refractivity contribution < 1.29 is 9.53 Å². The highest BCUT2D eigenvalue weighted by atomic mass is 35.5. The molecule has 0 bridgehead atoms. The van der Waals surface area contributed by atoms with Crippen molar-refractivity contribution in [1.29, 1.82) is 0 Å². The normalized spacial score (nSPS) is 10.7. The van der Waals surface area contributed by atoms with E-state index >= 15 is 0 Å². The van der Waals surface area contributed by atoms with Crippen molar-refractivity contribution in [2.24, 2.45) is 0 Å². The van der Waals surface area contributed by atoms with Gasteiger partial charge in [0.2, 0.25) is 0 Å². The van der Waals surface area contributed by atoms with Gasteiger partial charge < -0.3 is 4.74 Å². The van der Waals surface area contributed by atoms with E-state index < -0.39 is 5.24 Å². The number of benzene rings is 2. The van der Waals surface area contributed by atoms with Gasteiger partial charge in [-0.25, -0.2) is 4.98 Å². The Morgan fingerprint density at radius 2 is 1.82 bits per heavy atom. The van der Waals surface area contributed by atoms with Gasteiger partial charge in [-0.15, -0.1) is 0 Å². The smallest absolute Gasteiger partial charge is 0.253 e. The van der Waals surface area contributed by atoms with Crippen LogP contribution in [-0.2, 0) is 0 Å². The van der Waals surface area contributed by atoms with Crippen LogP contribution in [0.25, 0.3) is 22.2 Å². The van der Waals surface area contributed by atoms with Gasteiger partial charge in [0.25, 0.3) is 5.24 Å². The molecule has 3 aromatic rings. The van der Waals surface area contributed by atoms with Crippen LogP contribution in [0, 0.1) is 0 Å². The molecule has 1 heterocycles. The summed E-state index contributed by atoms with van der Waals surface area (Å²) in [5.41, 5.74) is 2.56. The SMILES string of the molecule is COc1ccc(-c2cc(C(=O)Cl)c3ccc(Cl)cc3n2)cc1. The first-order valence-electron chi connectivity index (χ1n) is 6.53. The van der Waals surface area contributed by atoms with Crippen molar-refractivity contribution in [3.05, 3.63) is 59.1 Å². The summed E-state index contributed by atoms with van der Waals surface area (Å²) >= 11 is 11.7. The largest absolute Gasteiger partial charge is 0.497 e. The number of carbonyl (C=O) groups is 1. The molecule has 2 aromatic carbocycles. The molecule has 0 saturated carbocycles. The zero-order valence-corrected chi connectivity index (χ0v) is 13.2. The first kappa shape index (κ1) is 14.8. The number of hydrogen-bond acceptors (Lipinski definition) is 3. The standard InChI is InChI=1S/C17H11Cl2NO2/c1-22-12-5-2-10(3-6-12)15-9-14(17(19)21)13-7-4-11(18)8-16(13)20-15/h2-9H,1H3. The zero-order valence-electron chi connectivity index (χ0n) is 11.6. The fourth-order valence-corrected chi connectivity index (χ4v) is 2.60. The summed E-state index contributed by atoms with van der Waals surface area (Å²) < 4.78 is 5.14. The number of ether oxygens (including phenoxy) is 1. The molecule has 1 aromatic heterocycles. The first-order chi connectivity index (χ1) is 10.6. The van der Waals surface area contributed by atoms with Gasteiger partial charge in [0.05, 0.1) is 18.3 Å². The minimum Gasteiger partial charge on any atom is -0.497 e. The molecule has 0 aliphatic rings. The van der Waals surface area contributed by atoms with Crippen LogP contribution in [0.3, 0.4) is 0 Å². The van der Waals surface area contributed by atoms with Crippen LogP contribution < -0.4 is 4.74 Å². The van der Waals surface area contributed by atoms with Crippen molar-refractivity contribution in [2.45, 2.75) is 0 Å². The topological polar surface area (TPSA) is 39.2 Å². The highest BCUT2D eigenvalue weighted by Crippen LogP contribution is 2.28. The van der Waals surface area contributed by atoms with Crippen LogP contribution in [0.4, 0.5) is 0 Å². The average molecular weight is 332 g/mol. The molecule has 0 saturated heterocycles. The molecule has 22 heavy (non-hydrogen) atoms. The number of hydrogen-bond donors (Lipinski definition) is 0. The van der Waals surface area contributed by atoms with Crippen LogP contribution in [0.15, 0.2) is 48.5 Å². The van der Waals surface area contributed by atoms with Crippen LogP contribution in [0.2, 0.25) is 5.02 Å². The third-order valence-electron chi connectivity index (χ3n) is 3.37. The number of aromatic nitrogens is 1.